The molecule has 1 N–H and O–H groups in total. The van der Waals surface area contributed by atoms with Crippen molar-refractivity contribution in [3.8, 4) is 11.1 Å². The first-order valence-corrected chi connectivity index (χ1v) is 10.5. The molecule has 0 fully saturated rings. The summed E-state index contributed by atoms with van der Waals surface area (Å²) in [5, 5.41) is 2.89. The monoisotopic (exact) mass is 399 g/mol. The van der Waals surface area contributed by atoms with Gasteiger partial charge < -0.3 is 5.32 Å². The van der Waals surface area contributed by atoms with E-state index in [9.17, 15) is 13.2 Å². The van der Waals surface area contributed by atoms with Crippen molar-refractivity contribution < 1.29 is 13.2 Å². The van der Waals surface area contributed by atoms with Crippen molar-refractivity contribution in [1.82, 2.24) is 0 Å². The molecule has 0 radical (unpaired) electrons. The lowest BCUT2D eigenvalue weighted by molar-refractivity contribution is 0.102. The molecule has 138 valence electrons. The number of carbonyl (C=O) groups is 1. The molecule has 3 aromatic rings. The van der Waals surface area contributed by atoms with Crippen molar-refractivity contribution in [3.63, 3.8) is 0 Å². The van der Waals surface area contributed by atoms with E-state index in [0.717, 1.165) is 17.4 Å². The molecule has 1 amide bonds. The molecule has 0 unspecified atom stereocenters. The van der Waals surface area contributed by atoms with Crippen LogP contribution in [0.15, 0.2) is 71.6 Å². The summed E-state index contributed by atoms with van der Waals surface area (Å²) in [6, 6.07) is 19.7. The minimum atomic E-state index is -3.38. The van der Waals surface area contributed by atoms with Gasteiger partial charge in [-0.1, -0.05) is 53.6 Å². The summed E-state index contributed by atoms with van der Waals surface area (Å²) in [5.74, 6) is -0.402. The fourth-order valence-electron chi connectivity index (χ4n) is 2.63. The molecule has 4 nitrogen and oxygen atoms in total. The van der Waals surface area contributed by atoms with E-state index in [1.165, 1.54) is 23.8 Å². The molecule has 3 rings (SSSR count). The van der Waals surface area contributed by atoms with Crippen LogP contribution in [0.1, 0.15) is 15.9 Å². The molecular weight excluding hydrogens is 382 g/mol. The molecule has 6 heteroatoms. The highest BCUT2D eigenvalue weighted by molar-refractivity contribution is 7.90. The Labute approximate surface area is 163 Å². The zero-order valence-electron chi connectivity index (χ0n) is 14.9. The first-order chi connectivity index (χ1) is 12.7. The van der Waals surface area contributed by atoms with Crippen LogP contribution in [0.4, 0.5) is 5.69 Å². The van der Waals surface area contributed by atoms with Crippen LogP contribution in [-0.2, 0) is 9.84 Å². The first-order valence-electron chi connectivity index (χ1n) is 8.22. The van der Waals surface area contributed by atoms with Crippen molar-refractivity contribution in [2.45, 2.75) is 11.8 Å². The largest absolute Gasteiger partial charge is 0.322 e. The smallest absolute Gasteiger partial charge is 0.257 e. The molecule has 0 aliphatic carbocycles. The quantitative estimate of drug-likeness (QED) is 0.673. The number of sulfone groups is 1. The number of carbonyl (C=O) groups excluding carboxylic acids is 1. The van der Waals surface area contributed by atoms with Gasteiger partial charge in [0.15, 0.2) is 9.84 Å². The number of halogens is 1. The number of benzene rings is 3. The zero-order chi connectivity index (χ0) is 19.6. The lowest BCUT2D eigenvalue weighted by Gasteiger charge is -2.10. The third kappa shape index (κ3) is 4.56. The van der Waals surface area contributed by atoms with Crippen LogP contribution in [0.2, 0.25) is 5.02 Å². The van der Waals surface area contributed by atoms with Gasteiger partial charge in [0.05, 0.1) is 15.5 Å². The molecule has 0 aliphatic heterocycles. The fraction of sp³-hybridized carbons (Fsp3) is 0.0952. The number of hydrogen-bond donors (Lipinski definition) is 1. The van der Waals surface area contributed by atoms with Gasteiger partial charge in [-0.15, -0.1) is 0 Å². The van der Waals surface area contributed by atoms with Gasteiger partial charge in [0.2, 0.25) is 0 Å². The first kappa shape index (κ1) is 19.1. The number of anilines is 1. The summed E-state index contributed by atoms with van der Waals surface area (Å²) in [5.41, 5.74) is 4.04. The highest BCUT2D eigenvalue weighted by atomic mass is 35.5. The molecule has 3 aromatic carbocycles. The third-order valence-electron chi connectivity index (χ3n) is 4.12. The Morgan fingerprint density at radius 1 is 0.926 bits per heavy atom. The maximum Gasteiger partial charge on any atom is 0.257 e. The van der Waals surface area contributed by atoms with E-state index in [1.807, 2.05) is 49.4 Å². The molecular formula is C21H18ClNO3S. The topological polar surface area (TPSA) is 63.2 Å². The summed E-state index contributed by atoms with van der Waals surface area (Å²) in [7, 11) is -3.38. The standard InChI is InChI=1S/C21H18ClNO3S/c1-14-6-8-15(9-7-14)16-4-3-5-17(12-16)23-21(24)19-11-10-18(13-20(19)22)27(2,25)26/h3-13H,1-2H3,(H,23,24). The number of nitrogens with one attached hydrogen (secondary N) is 1. The predicted molar refractivity (Wildman–Crippen MR) is 109 cm³/mol. The number of amides is 1. The van der Waals surface area contributed by atoms with Crippen molar-refractivity contribution in [3.05, 3.63) is 82.9 Å². The summed E-state index contributed by atoms with van der Waals surface area (Å²) < 4.78 is 23.2. The normalized spacial score (nSPS) is 11.2. The van der Waals surface area contributed by atoms with E-state index in [2.05, 4.69) is 5.32 Å². The Hall–Kier alpha value is -2.63. The van der Waals surface area contributed by atoms with Crippen molar-refractivity contribution in [2.75, 3.05) is 11.6 Å². The van der Waals surface area contributed by atoms with Crippen LogP contribution >= 0.6 is 11.6 Å². The Bertz CT molecular complexity index is 1110. The summed E-state index contributed by atoms with van der Waals surface area (Å²) in [6.07, 6.45) is 1.09. The fourth-order valence-corrected chi connectivity index (χ4v) is 3.61. The van der Waals surface area contributed by atoms with Crippen molar-refractivity contribution in [2.24, 2.45) is 0 Å². The second kappa shape index (κ2) is 7.55. The molecule has 0 saturated carbocycles. The van der Waals surface area contributed by atoms with E-state index in [0.29, 0.717) is 5.69 Å². The second-order valence-corrected chi connectivity index (χ2v) is 8.74. The van der Waals surface area contributed by atoms with Crippen LogP contribution in [0.25, 0.3) is 11.1 Å². The highest BCUT2D eigenvalue weighted by Gasteiger charge is 2.15. The number of rotatable bonds is 4. The summed E-state index contributed by atoms with van der Waals surface area (Å²) in [4.78, 5) is 12.6. The van der Waals surface area contributed by atoms with E-state index >= 15 is 0 Å². The SMILES string of the molecule is Cc1ccc(-c2cccc(NC(=O)c3ccc(S(C)(=O)=O)cc3Cl)c2)cc1. The zero-order valence-corrected chi connectivity index (χ0v) is 16.4. The number of aryl methyl sites for hydroxylation is 1. The molecule has 0 bridgehead atoms. The van der Waals surface area contributed by atoms with E-state index in [1.54, 1.807) is 6.07 Å². The maximum absolute atomic E-state index is 12.5. The number of hydrogen-bond acceptors (Lipinski definition) is 3. The Morgan fingerprint density at radius 3 is 2.26 bits per heavy atom. The van der Waals surface area contributed by atoms with Gasteiger partial charge in [0.25, 0.3) is 5.91 Å². The van der Waals surface area contributed by atoms with Gasteiger partial charge in [0.1, 0.15) is 0 Å². The molecule has 0 heterocycles. The van der Waals surface area contributed by atoms with Gasteiger partial charge in [0, 0.05) is 11.9 Å². The summed E-state index contributed by atoms with van der Waals surface area (Å²) in [6.45, 7) is 2.03. The van der Waals surface area contributed by atoms with Crippen LogP contribution in [0, 0.1) is 6.92 Å². The molecule has 0 aromatic heterocycles. The van der Waals surface area contributed by atoms with Crippen LogP contribution in [-0.4, -0.2) is 20.6 Å². The van der Waals surface area contributed by atoms with Crippen LogP contribution < -0.4 is 5.32 Å². The second-order valence-electron chi connectivity index (χ2n) is 6.31. The minimum absolute atomic E-state index is 0.0745. The van der Waals surface area contributed by atoms with E-state index in [4.69, 9.17) is 11.6 Å². The molecule has 0 spiro atoms. The summed E-state index contributed by atoms with van der Waals surface area (Å²) >= 11 is 6.11. The van der Waals surface area contributed by atoms with Gasteiger partial charge in [-0.05, 0) is 48.4 Å². The maximum atomic E-state index is 12.5. The van der Waals surface area contributed by atoms with Crippen molar-refractivity contribution >= 4 is 33.0 Å². The Balaban J connectivity index is 1.84. The average Bonchev–Trinajstić information content (AvgIpc) is 2.61. The van der Waals surface area contributed by atoms with E-state index < -0.39 is 15.7 Å². The third-order valence-corrected chi connectivity index (χ3v) is 5.54. The van der Waals surface area contributed by atoms with Crippen molar-refractivity contribution in [1.29, 1.82) is 0 Å². The lowest BCUT2D eigenvalue weighted by Crippen LogP contribution is -2.13. The molecule has 0 aliphatic rings. The Kier molecular flexibility index (Phi) is 5.35. The van der Waals surface area contributed by atoms with Gasteiger partial charge in [-0.3, -0.25) is 4.79 Å². The molecule has 0 saturated heterocycles. The lowest BCUT2D eigenvalue weighted by atomic mass is 10.0. The van der Waals surface area contributed by atoms with Gasteiger partial charge in [-0.2, -0.15) is 0 Å². The molecule has 27 heavy (non-hydrogen) atoms. The Morgan fingerprint density at radius 2 is 1.63 bits per heavy atom. The van der Waals surface area contributed by atoms with Gasteiger partial charge >= 0.3 is 0 Å². The minimum Gasteiger partial charge on any atom is -0.322 e. The van der Waals surface area contributed by atoms with E-state index in [-0.39, 0.29) is 15.5 Å². The highest BCUT2D eigenvalue weighted by Crippen LogP contribution is 2.25. The van der Waals surface area contributed by atoms with Gasteiger partial charge in [-0.25, -0.2) is 8.42 Å². The van der Waals surface area contributed by atoms with Crippen LogP contribution in [0.3, 0.4) is 0 Å². The van der Waals surface area contributed by atoms with Crippen LogP contribution in [0.5, 0.6) is 0 Å². The predicted octanol–water partition coefficient (Wildman–Crippen LogP) is 4.97. The average molecular weight is 400 g/mol. The molecule has 0 atom stereocenters.